The monoisotopic (exact) mass is 342 g/mol. The Morgan fingerprint density at radius 2 is 1.64 bits per heavy atom. The van der Waals surface area contributed by atoms with Crippen LogP contribution in [0.15, 0.2) is 42.5 Å². The number of carbonyl (C=O) groups excluding carboxylic acids is 2. The molecule has 2 amide bonds. The molecule has 1 fully saturated rings. The fourth-order valence-corrected chi connectivity index (χ4v) is 3.61. The maximum absolute atomic E-state index is 12.9. The highest BCUT2D eigenvalue weighted by Gasteiger charge is 2.30. The standard InChI is InChI=1S/C20H26N2O3/c1-25-18(16-8-3-2-4-9-16)20(24)22-13-7-12-21(14-15-22)19(23)17-10-5-6-11-17/h2-6,8-9,17-18H,7,10-15H2,1H3/t18-/m0/s1. The molecule has 1 aromatic carbocycles. The van der Waals surface area contributed by atoms with Gasteiger partial charge in [0.25, 0.3) is 5.91 Å². The SMILES string of the molecule is CO[C@H](C(=O)N1CCCN(C(=O)C2CC=CC2)CC1)c1ccccc1. The molecule has 0 radical (unpaired) electrons. The van der Waals surface area contributed by atoms with Gasteiger partial charge < -0.3 is 14.5 Å². The summed E-state index contributed by atoms with van der Waals surface area (Å²) in [5.74, 6) is 0.300. The van der Waals surface area contributed by atoms with Crippen LogP contribution in [0.2, 0.25) is 0 Å². The molecule has 25 heavy (non-hydrogen) atoms. The largest absolute Gasteiger partial charge is 0.367 e. The first kappa shape index (κ1) is 17.7. The van der Waals surface area contributed by atoms with E-state index in [2.05, 4.69) is 12.2 Å². The number of hydrogen-bond acceptors (Lipinski definition) is 3. The molecule has 5 nitrogen and oxygen atoms in total. The summed E-state index contributed by atoms with van der Waals surface area (Å²) in [5.41, 5.74) is 0.865. The van der Waals surface area contributed by atoms with Crippen LogP contribution in [0.5, 0.6) is 0 Å². The van der Waals surface area contributed by atoms with Gasteiger partial charge in [0.05, 0.1) is 0 Å². The van der Waals surface area contributed by atoms with E-state index in [0.717, 1.165) is 31.4 Å². The molecule has 0 aromatic heterocycles. The summed E-state index contributed by atoms with van der Waals surface area (Å²) in [5, 5.41) is 0. The molecule has 0 unspecified atom stereocenters. The molecule has 1 saturated heterocycles. The number of benzene rings is 1. The molecule has 0 bridgehead atoms. The van der Waals surface area contributed by atoms with Crippen LogP contribution in [0.3, 0.4) is 0 Å². The molecule has 3 rings (SSSR count). The van der Waals surface area contributed by atoms with Gasteiger partial charge in [-0.3, -0.25) is 9.59 Å². The third-order valence-electron chi connectivity index (χ3n) is 5.04. The summed E-state index contributed by atoms with van der Waals surface area (Å²) >= 11 is 0. The number of carbonyl (C=O) groups is 2. The Kier molecular flexibility index (Phi) is 5.87. The van der Waals surface area contributed by atoms with Gasteiger partial charge in [0.1, 0.15) is 0 Å². The van der Waals surface area contributed by atoms with Crippen molar-refractivity contribution in [3.8, 4) is 0 Å². The van der Waals surface area contributed by atoms with Crippen molar-refractivity contribution in [3.63, 3.8) is 0 Å². The predicted molar refractivity (Wildman–Crippen MR) is 95.8 cm³/mol. The second-order valence-corrected chi connectivity index (χ2v) is 6.67. The van der Waals surface area contributed by atoms with Crippen LogP contribution in [0.25, 0.3) is 0 Å². The fourth-order valence-electron chi connectivity index (χ4n) is 3.61. The molecule has 5 heteroatoms. The maximum Gasteiger partial charge on any atom is 0.256 e. The lowest BCUT2D eigenvalue weighted by molar-refractivity contribution is -0.143. The van der Waals surface area contributed by atoms with Gasteiger partial charge in [0, 0.05) is 39.2 Å². The average Bonchev–Trinajstić information content (AvgIpc) is 3.07. The number of methoxy groups -OCH3 is 1. The van der Waals surface area contributed by atoms with Crippen molar-refractivity contribution in [1.29, 1.82) is 0 Å². The van der Waals surface area contributed by atoms with Gasteiger partial charge in [-0.05, 0) is 24.8 Å². The summed E-state index contributed by atoms with van der Waals surface area (Å²) in [6, 6.07) is 9.56. The number of hydrogen-bond donors (Lipinski definition) is 0. The van der Waals surface area contributed by atoms with Crippen molar-refractivity contribution in [2.24, 2.45) is 5.92 Å². The van der Waals surface area contributed by atoms with Gasteiger partial charge in [-0.2, -0.15) is 0 Å². The first-order chi connectivity index (χ1) is 12.2. The minimum absolute atomic E-state index is 0.0227. The first-order valence-electron chi connectivity index (χ1n) is 9.01. The molecule has 0 spiro atoms. The molecule has 1 aromatic rings. The lowest BCUT2D eigenvalue weighted by Gasteiger charge is -2.26. The van der Waals surface area contributed by atoms with Crippen LogP contribution in [0, 0.1) is 5.92 Å². The molecule has 1 heterocycles. The van der Waals surface area contributed by atoms with Gasteiger partial charge in [0.15, 0.2) is 6.10 Å². The van der Waals surface area contributed by atoms with Crippen molar-refractivity contribution < 1.29 is 14.3 Å². The Labute approximate surface area is 149 Å². The molecule has 1 aliphatic heterocycles. The lowest BCUT2D eigenvalue weighted by Crippen LogP contribution is -2.41. The fraction of sp³-hybridized carbons (Fsp3) is 0.500. The van der Waals surface area contributed by atoms with Crippen LogP contribution in [-0.2, 0) is 14.3 Å². The topological polar surface area (TPSA) is 49.9 Å². The normalized spacial score (nSPS) is 19.7. The number of rotatable bonds is 4. The third-order valence-corrected chi connectivity index (χ3v) is 5.04. The zero-order chi connectivity index (χ0) is 17.6. The van der Waals surface area contributed by atoms with Gasteiger partial charge >= 0.3 is 0 Å². The van der Waals surface area contributed by atoms with E-state index in [1.807, 2.05) is 40.1 Å². The second kappa shape index (κ2) is 8.30. The zero-order valence-corrected chi connectivity index (χ0v) is 14.8. The van der Waals surface area contributed by atoms with Crippen LogP contribution in [-0.4, -0.2) is 54.9 Å². The molecule has 2 aliphatic rings. The molecule has 1 atom stereocenters. The summed E-state index contributed by atoms with van der Waals surface area (Å²) in [4.78, 5) is 29.3. The van der Waals surface area contributed by atoms with Crippen molar-refractivity contribution in [2.75, 3.05) is 33.3 Å². The van der Waals surface area contributed by atoms with E-state index >= 15 is 0 Å². The van der Waals surface area contributed by atoms with Crippen LogP contribution < -0.4 is 0 Å². The Balaban J connectivity index is 1.62. The van der Waals surface area contributed by atoms with Crippen molar-refractivity contribution in [1.82, 2.24) is 9.80 Å². The highest BCUT2D eigenvalue weighted by Crippen LogP contribution is 2.23. The minimum atomic E-state index is -0.581. The third kappa shape index (κ3) is 4.10. The smallest absolute Gasteiger partial charge is 0.256 e. The molecular formula is C20H26N2O3. The second-order valence-electron chi connectivity index (χ2n) is 6.67. The zero-order valence-electron chi connectivity index (χ0n) is 14.8. The Bertz CT molecular complexity index is 621. The highest BCUT2D eigenvalue weighted by molar-refractivity contribution is 5.83. The van der Waals surface area contributed by atoms with Gasteiger partial charge in [0.2, 0.25) is 5.91 Å². The van der Waals surface area contributed by atoms with E-state index in [1.165, 1.54) is 0 Å². The van der Waals surface area contributed by atoms with Gasteiger partial charge in [-0.15, -0.1) is 0 Å². The Hall–Kier alpha value is -2.14. The van der Waals surface area contributed by atoms with Crippen LogP contribution >= 0.6 is 0 Å². The highest BCUT2D eigenvalue weighted by atomic mass is 16.5. The number of ether oxygens (including phenoxy) is 1. The van der Waals surface area contributed by atoms with Crippen molar-refractivity contribution in [2.45, 2.75) is 25.4 Å². The first-order valence-corrected chi connectivity index (χ1v) is 9.01. The van der Waals surface area contributed by atoms with Crippen molar-refractivity contribution in [3.05, 3.63) is 48.0 Å². The maximum atomic E-state index is 12.9. The van der Waals surface area contributed by atoms with E-state index in [1.54, 1.807) is 7.11 Å². The summed E-state index contributed by atoms with van der Waals surface area (Å²) in [6.07, 6.45) is 6.08. The van der Waals surface area contributed by atoms with E-state index in [0.29, 0.717) is 19.6 Å². The van der Waals surface area contributed by atoms with Gasteiger partial charge in [-0.25, -0.2) is 0 Å². The summed E-state index contributed by atoms with van der Waals surface area (Å²) in [7, 11) is 1.57. The molecule has 1 aliphatic carbocycles. The quantitative estimate of drug-likeness (QED) is 0.790. The number of amides is 2. The van der Waals surface area contributed by atoms with Gasteiger partial charge in [-0.1, -0.05) is 42.5 Å². The number of nitrogens with zero attached hydrogens (tertiary/aromatic N) is 2. The molecule has 134 valence electrons. The van der Waals surface area contributed by atoms with E-state index in [4.69, 9.17) is 4.74 Å². The van der Waals surface area contributed by atoms with E-state index in [9.17, 15) is 9.59 Å². The van der Waals surface area contributed by atoms with Crippen LogP contribution in [0.1, 0.15) is 30.9 Å². The summed E-state index contributed by atoms with van der Waals surface area (Å²) in [6.45, 7) is 2.56. The Morgan fingerprint density at radius 1 is 1.00 bits per heavy atom. The lowest BCUT2D eigenvalue weighted by atomic mass is 10.1. The Morgan fingerprint density at radius 3 is 2.32 bits per heavy atom. The molecular weight excluding hydrogens is 316 g/mol. The van der Waals surface area contributed by atoms with Crippen molar-refractivity contribution >= 4 is 11.8 Å². The average molecular weight is 342 g/mol. The predicted octanol–water partition coefficient (Wildman–Crippen LogP) is 2.40. The van der Waals surface area contributed by atoms with Crippen LogP contribution in [0.4, 0.5) is 0 Å². The molecule has 0 saturated carbocycles. The molecule has 0 N–H and O–H groups in total. The number of allylic oxidation sites excluding steroid dienone is 2. The van der Waals surface area contributed by atoms with E-state index < -0.39 is 6.10 Å². The minimum Gasteiger partial charge on any atom is -0.367 e. The summed E-state index contributed by atoms with van der Waals surface area (Å²) < 4.78 is 5.47. The van der Waals surface area contributed by atoms with E-state index in [-0.39, 0.29) is 17.7 Å².